The van der Waals surface area contributed by atoms with Crippen LogP contribution in [0.3, 0.4) is 0 Å². The summed E-state index contributed by atoms with van der Waals surface area (Å²) < 4.78 is 10.1. The van der Waals surface area contributed by atoms with Crippen molar-refractivity contribution in [3.05, 3.63) is 57.4 Å². The maximum Gasteiger partial charge on any atom is 0.344 e. The lowest BCUT2D eigenvalue weighted by atomic mass is 10.0. The Balaban J connectivity index is 2.47. The molecular weight excluding hydrogens is 268 g/mol. The summed E-state index contributed by atoms with van der Waals surface area (Å²) >= 11 is 0. The van der Waals surface area contributed by atoms with E-state index in [-0.39, 0.29) is 5.63 Å². The molecule has 0 radical (unpaired) electrons. The summed E-state index contributed by atoms with van der Waals surface area (Å²) in [6.07, 6.45) is 0. The smallest absolute Gasteiger partial charge is 0.344 e. The Bertz CT molecular complexity index is 935. The van der Waals surface area contributed by atoms with E-state index >= 15 is 0 Å². The minimum absolute atomic E-state index is 0.369. The van der Waals surface area contributed by atoms with Gasteiger partial charge in [-0.1, -0.05) is 6.07 Å². The van der Waals surface area contributed by atoms with Crippen molar-refractivity contribution in [3.8, 4) is 0 Å². The van der Waals surface area contributed by atoms with E-state index < -0.39 is 5.97 Å². The summed E-state index contributed by atoms with van der Waals surface area (Å²) in [5.74, 6) is -0.417. The molecular formula is C17H14O4. The van der Waals surface area contributed by atoms with Crippen molar-refractivity contribution in [2.75, 3.05) is 7.11 Å². The number of carbonyl (C=O) groups excluding carboxylic acids is 1. The van der Waals surface area contributed by atoms with Crippen LogP contribution < -0.4 is 5.63 Å². The number of ether oxygens (including phenoxy) is 1. The SMILES string of the molecule is COC(=O)c1ccc2oc(=O)c3cc(C)c(C)cc3c2c1. The van der Waals surface area contributed by atoms with E-state index in [2.05, 4.69) is 0 Å². The molecule has 106 valence electrons. The monoisotopic (exact) mass is 282 g/mol. The lowest BCUT2D eigenvalue weighted by Gasteiger charge is -2.07. The van der Waals surface area contributed by atoms with Crippen LogP contribution in [0.15, 0.2) is 39.5 Å². The second-order valence-electron chi connectivity index (χ2n) is 5.07. The van der Waals surface area contributed by atoms with Crippen LogP contribution in [-0.2, 0) is 4.74 Å². The molecule has 0 atom stereocenters. The van der Waals surface area contributed by atoms with Gasteiger partial charge >= 0.3 is 11.6 Å². The highest BCUT2D eigenvalue weighted by molar-refractivity contribution is 6.07. The number of rotatable bonds is 1. The zero-order chi connectivity index (χ0) is 15.1. The number of aryl methyl sites for hydroxylation is 2. The van der Waals surface area contributed by atoms with E-state index in [1.807, 2.05) is 26.0 Å². The zero-order valence-corrected chi connectivity index (χ0v) is 12.0. The lowest BCUT2D eigenvalue weighted by molar-refractivity contribution is 0.0601. The van der Waals surface area contributed by atoms with E-state index in [1.165, 1.54) is 7.11 Å². The van der Waals surface area contributed by atoms with E-state index in [1.54, 1.807) is 18.2 Å². The Morgan fingerprint density at radius 1 is 1.00 bits per heavy atom. The summed E-state index contributed by atoms with van der Waals surface area (Å²) in [6, 6.07) is 8.68. The molecule has 0 aliphatic carbocycles. The van der Waals surface area contributed by atoms with Crippen LogP contribution in [0.1, 0.15) is 21.5 Å². The van der Waals surface area contributed by atoms with Gasteiger partial charge in [-0.2, -0.15) is 0 Å². The molecule has 3 rings (SSSR count). The average molecular weight is 282 g/mol. The summed E-state index contributed by atoms with van der Waals surface area (Å²) in [5, 5.41) is 2.04. The third-order valence-corrected chi connectivity index (χ3v) is 3.75. The fourth-order valence-corrected chi connectivity index (χ4v) is 2.44. The van der Waals surface area contributed by atoms with Crippen molar-refractivity contribution in [2.24, 2.45) is 0 Å². The molecule has 4 nitrogen and oxygen atoms in total. The van der Waals surface area contributed by atoms with Crippen LogP contribution in [0.5, 0.6) is 0 Å². The van der Waals surface area contributed by atoms with Crippen LogP contribution in [-0.4, -0.2) is 13.1 Å². The van der Waals surface area contributed by atoms with E-state index in [4.69, 9.17) is 9.15 Å². The first-order chi connectivity index (χ1) is 10.0. The highest BCUT2D eigenvalue weighted by Gasteiger charge is 2.12. The minimum atomic E-state index is -0.417. The Labute approximate surface area is 120 Å². The Kier molecular flexibility index (Phi) is 3.01. The average Bonchev–Trinajstić information content (AvgIpc) is 2.48. The first kappa shape index (κ1) is 13.4. The first-order valence-electron chi connectivity index (χ1n) is 6.57. The van der Waals surface area contributed by atoms with Gasteiger partial charge < -0.3 is 9.15 Å². The van der Waals surface area contributed by atoms with Gasteiger partial charge in [0.15, 0.2) is 0 Å². The predicted octanol–water partition coefficient (Wildman–Crippen LogP) is 3.35. The number of fused-ring (bicyclic) bond motifs is 3. The summed E-state index contributed by atoms with van der Waals surface area (Å²) in [4.78, 5) is 23.7. The van der Waals surface area contributed by atoms with Gasteiger partial charge in [-0.25, -0.2) is 9.59 Å². The van der Waals surface area contributed by atoms with Crippen LogP contribution in [0.25, 0.3) is 21.7 Å². The van der Waals surface area contributed by atoms with Crippen molar-refractivity contribution in [1.29, 1.82) is 0 Å². The molecule has 0 unspecified atom stereocenters. The topological polar surface area (TPSA) is 56.5 Å². The largest absolute Gasteiger partial charge is 0.465 e. The zero-order valence-electron chi connectivity index (χ0n) is 12.0. The molecule has 0 aliphatic heterocycles. The summed E-state index contributed by atoms with van der Waals surface area (Å²) in [5.41, 5.74) is 2.63. The number of methoxy groups -OCH3 is 1. The number of carbonyl (C=O) groups is 1. The van der Waals surface area contributed by atoms with Crippen LogP contribution >= 0.6 is 0 Å². The third kappa shape index (κ3) is 2.09. The molecule has 0 amide bonds. The molecule has 1 aromatic heterocycles. The molecule has 0 fully saturated rings. The van der Waals surface area contributed by atoms with Gasteiger partial charge in [0.25, 0.3) is 0 Å². The number of hydrogen-bond acceptors (Lipinski definition) is 4. The van der Waals surface area contributed by atoms with Gasteiger partial charge in [-0.05, 0) is 49.2 Å². The molecule has 0 aliphatic rings. The first-order valence-corrected chi connectivity index (χ1v) is 6.57. The fraction of sp³-hybridized carbons (Fsp3) is 0.176. The van der Waals surface area contributed by atoms with Crippen molar-refractivity contribution < 1.29 is 13.9 Å². The molecule has 1 heterocycles. The van der Waals surface area contributed by atoms with Crippen molar-refractivity contribution in [3.63, 3.8) is 0 Å². The molecule has 3 aromatic rings. The molecule has 0 N–H and O–H groups in total. The molecule has 0 bridgehead atoms. The standard InChI is InChI=1S/C17H14O4/c1-9-6-12-13-8-11(16(18)20-3)4-5-15(13)21-17(19)14(12)7-10(9)2/h4-8H,1-3H3. The third-order valence-electron chi connectivity index (χ3n) is 3.75. The number of benzene rings is 2. The highest BCUT2D eigenvalue weighted by atomic mass is 16.5. The Hall–Kier alpha value is -2.62. The van der Waals surface area contributed by atoms with E-state index in [0.717, 1.165) is 21.9 Å². The van der Waals surface area contributed by atoms with E-state index in [0.29, 0.717) is 16.5 Å². The second kappa shape index (κ2) is 4.74. The van der Waals surface area contributed by atoms with Crippen LogP contribution in [0, 0.1) is 13.8 Å². The van der Waals surface area contributed by atoms with Crippen molar-refractivity contribution in [1.82, 2.24) is 0 Å². The molecule has 21 heavy (non-hydrogen) atoms. The normalized spacial score (nSPS) is 11.0. The summed E-state index contributed by atoms with van der Waals surface area (Å²) in [7, 11) is 1.34. The molecule has 0 spiro atoms. The van der Waals surface area contributed by atoms with Crippen molar-refractivity contribution in [2.45, 2.75) is 13.8 Å². The maximum absolute atomic E-state index is 12.1. The Morgan fingerprint density at radius 2 is 1.67 bits per heavy atom. The van der Waals surface area contributed by atoms with E-state index in [9.17, 15) is 9.59 Å². The van der Waals surface area contributed by atoms with Gasteiger partial charge in [0.2, 0.25) is 0 Å². The molecule has 0 saturated carbocycles. The minimum Gasteiger partial charge on any atom is -0.465 e. The van der Waals surface area contributed by atoms with Crippen LogP contribution in [0.2, 0.25) is 0 Å². The van der Waals surface area contributed by atoms with Gasteiger partial charge in [-0.15, -0.1) is 0 Å². The lowest BCUT2D eigenvalue weighted by Crippen LogP contribution is -2.03. The number of esters is 1. The van der Waals surface area contributed by atoms with Gasteiger partial charge in [0, 0.05) is 10.8 Å². The Morgan fingerprint density at radius 3 is 2.33 bits per heavy atom. The molecule has 0 saturated heterocycles. The maximum atomic E-state index is 12.1. The number of hydrogen-bond donors (Lipinski definition) is 0. The quantitative estimate of drug-likeness (QED) is 0.390. The highest BCUT2D eigenvalue weighted by Crippen LogP contribution is 2.26. The predicted molar refractivity (Wildman–Crippen MR) is 80.8 cm³/mol. The second-order valence-corrected chi connectivity index (χ2v) is 5.07. The fourth-order valence-electron chi connectivity index (χ4n) is 2.44. The molecule has 4 heteroatoms. The van der Waals surface area contributed by atoms with Gasteiger partial charge in [0.1, 0.15) is 5.58 Å². The van der Waals surface area contributed by atoms with Crippen molar-refractivity contribution >= 4 is 27.7 Å². The van der Waals surface area contributed by atoms with Crippen LogP contribution in [0.4, 0.5) is 0 Å². The summed E-state index contributed by atoms with van der Waals surface area (Å²) in [6.45, 7) is 3.93. The van der Waals surface area contributed by atoms with Gasteiger partial charge in [-0.3, -0.25) is 0 Å². The van der Waals surface area contributed by atoms with Gasteiger partial charge in [0.05, 0.1) is 18.1 Å². The molecule has 2 aromatic carbocycles.